The van der Waals surface area contributed by atoms with Gasteiger partial charge in [-0.25, -0.2) is 8.78 Å². The van der Waals surface area contributed by atoms with Gasteiger partial charge in [-0.3, -0.25) is 4.79 Å². The van der Waals surface area contributed by atoms with E-state index < -0.39 is 24.2 Å². The fraction of sp³-hybridized carbons (Fsp3) is 0.778. The second-order valence-corrected chi connectivity index (χ2v) is 3.41. The molecule has 1 aliphatic carbocycles. The van der Waals surface area contributed by atoms with Gasteiger partial charge in [0, 0.05) is 5.92 Å². The molecule has 15 heavy (non-hydrogen) atoms. The largest absolute Gasteiger partial charge is 0.463 e. The summed E-state index contributed by atoms with van der Waals surface area (Å²) < 4.78 is 28.7. The van der Waals surface area contributed by atoms with Gasteiger partial charge in [-0.2, -0.15) is 9.59 Å². The van der Waals surface area contributed by atoms with Crippen LogP contribution in [-0.4, -0.2) is 24.7 Å². The van der Waals surface area contributed by atoms with Crippen LogP contribution < -0.4 is 0 Å². The molecule has 1 saturated carbocycles. The summed E-state index contributed by atoms with van der Waals surface area (Å²) in [5.41, 5.74) is 0. The average Bonchev–Trinajstić information content (AvgIpc) is 2.81. The van der Waals surface area contributed by atoms with Crippen molar-refractivity contribution in [3.05, 3.63) is 0 Å². The van der Waals surface area contributed by atoms with Crippen LogP contribution in [0.5, 0.6) is 0 Å². The predicted octanol–water partition coefficient (Wildman–Crippen LogP) is 1.26. The van der Waals surface area contributed by atoms with Gasteiger partial charge in [-0.15, -0.1) is 0 Å². The standard InChI is InChI=1S/C8H12F2O2.CO2/c1-4(2)12-8(11)6-3-5(6)7(9)10;2-1-3/h4-7H,3H2,1-2H3;/t5-,6+;/m1./s1. The molecule has 1 aliphatic rings. The number of esters is 1. The molecule has 86 valence electrons. The lowest BCUT2D eigenvalue weighted by Crippen LogP contribution is -2.15. The first kappa shape index (κ1) is 13.7. The van der Waals surface area contributed by atoms with Crippen LogP contribution in [0.2, 0.25) is 0 Å². The van der Waals surface area contributed by atoms with Crippen molar-refractivity contribution in [2.24, 2.45) is 11.8 Å². The summed E-state index contributed by atoms with van der Waals surface area (Å²) in [5, 5.41) is 0. The molecule has 4 nitrogen and oxygen atoms in total. The molecule has 0 spiro atoms. The minimum absolute atomic E-state index is 0.212. The third-order valence-corrected chi connectivity index (χ3v) is 1.82. The van der Waals surface area contributed by atoms with E-state index in [4.69, 9.17) is 14.3 Å². The average molecular weight is 222 g/mol. The zero-order valence-electron chi connectivity index (χ0n) is 8.41. The summed E-state index contributed by atoms with van der Waals surface area (Å²) in [7, 11) is 0. The molecule has 0 unspecified atom stereocenters. The molecule has 1 rings (SSSR count). The summed E-state index contributed by atoms with van der Waals surface area (Å²) in [6.45, 7) is 3.41. The fourth-order valence-corrected chi connectivity index (χ4v) is 1.08. The highest BCUT2D eigenvalue weighted by atomic mass is 19.3. The zero-order chi connectivity index (χ0) is 12.0. The van der Waals surface area contributed by atoms with Gasteiger partial charge >= 0.3 is 12.1 Å². The van der Waals surface area contributed by atoms with E-state index in [0.29, 0.717) is 0 Å². The summed E-state index contributed by atoms with van der Waals surface area (Å²) in [6, 6.07) is 0. The van der Waals surface area contributed by atoms with E-state index in [1.54, 1.807) is 13.8 Å². The van der Waals surface area contributed by atoms with Crippen molar-refractivity contribution in [3.63, 3.8) is 0 Å². The SMILES string of the molecule is CC(C)OC(=O)[C@H]1C[C@H]1C(F)F.O=C=O. The molecule has 0 radical (unpaired) electrons. The van der Waals surface area contributed by atoms with E-state index in [0.717, 1.165) is 0 Å². The lowest BCUT2D eigenvalue weighted by atomic mass is 10.3. The van der Waals surface area contributed by atoms with Crippen LogP contribution in [0.1, 0.15) is 20.3 Å². The minimum Gasteiger partial charge on any atom is -0.463 e. The Morgan fingerprint density at radius 1 is 1.40 bits per heavy atom. The molecule has 1 fully saturated rings. The highest BCUT2D eigenvalue weighted by molar-refractivity contribution is 5.75. The number of carbonyl (C=O) groups is 1. The van der Waals surface area contributed by atoms with Crippen LogP contribution in [0.15, 0.2) is 0 Å². The third-order valence-electron chi connectivity index (χ3n) is 1.82. The highest BCUT2D eigenvalue weighted by Gasteiger charge is 2.50. The smallest absolute Gasteiger partial charge is 0.373 e. The molecule has 0 saturated heterocycles. The first-order valence-corrected chi connectivity index (χ1v) is 4.42. The maximum atomic E-state index is 12.0. The Morgan fingerprint density at radius 3 is 2.13 bits per heavy atom. The summed E-state index contributed by atoms with van der Waals surface area (Å²) in [6.07, 6.45) is -2.06. The zero-order valence-corrected chi connectivity index (χ0v) is 8.41. The number of alkyl halides is 2. The van der Waals surface area contributed by atoms with E-state index in [1.165, 1.54) is 0 Å². The topological polar surface area (TPSA) is 60.4 Å². The van der Waals surface area contributed by atoms with Gasteiger partial charge in [0.15, 0.2) is 0 Å². The van der Waals surface area contributed by atoms with E-state index in [-0.39, 0.29) is 18.7 Å². The van der Waals surface area contributed by atoms with Crippen molar-refractivity contribution in [1.29, 1.82) is 0 Å². The number of ether oxygens (including phenoxy) is 1. The lowest BCUT2D eigenvalue weighted by Gasteiger charge is -2.06. The Bertz CT molecular complexity index is 246. The van der Waals surface area contributed by atoms with Crippen molar-refractivity contribution in [3.8, 4) is 0 Å². The van der Waals surface area contributed by atoms with E-state index >= 15 is 0 Å². The fourth-order valence-electron chi connectivity index (χ4n) is 1.08. The maximum absolute atomic E-state index is 12.0. The second-order valence-electron chi connectivity index (χ2n) is 3.41. The number of hydrogen-bond acceptors (Lipinski definition) is 4. The van der Waals surface area contributed by atoms with E-state index in [1.807, 2.05) is 0 Å². The molecule has 6 heteroatoms. The van der Waals surface area contributed by atoms with Crippen LogP contribution in [0, 0.1) is 11.8 Å². The summed E-state index contributed by atoms with van der Waals surface area (Å²) in [4.78, 5) is 27.2. The van der Waals surface area contributed by atoms with Gasteiger partial charge in [0.05, 0.1) is 12.0 Å². The molecule has 0 bridgehead atoms. The van der Waals surface area contributed by atoms with Gasteiger partial charge in [0.25, 0.3) is 0 Å². The molecule has 0 aromatic heterocycles. The predicted molar refractivity (Wildman–Crippen MR) is 43.8 cm³/mol. The molecular formula is C9H12F2O4. The number of hydrogen-bond donors (Lipinski definition) is 0. The first-order valence-electron chi connectivity index (χ1n) is 4.42. The molecule has 0 aliphatic heterocycles. The monoisotopic (exact) mass is 222 g/mol. The molecule has 0 aromatic rings. The van der Waals surface area contributed by atoms with Gasteiger partial charge in [-0.05, 0) is 20.3 Å². The van der Waals surface area contributed by atoms with Crippen molar-refractivity contribution >= 4 is 12.1 Å². The minimum atomic E-state index is -2.38. The van der Waals surface area contributed by atoms with Gasteiger partial charge < -0.3 is 4.74 Å². The van der Waals surface area contributed by atoms with Gasteiger partial charge in [-0.1, -0.05) is 0 Å². The normalized spacial score (nSPS) is 22.8. The molecule has 0 heterocycles. The maximum Gasteiger partial charge on any atom is 0.373 e. The van der Waals surface area contributed by atoms with Gasteiger partial charge in [0.2, 0.25) is 6.43 Å². The molecule has 2 atom stereocenters. The Hall–Kier alpha value is -1.29. The Balaban J connectivity index is 0.000000583. The molecule has 0 N–H and O–H groups in total. The Morgan fingerprint density at radius 2 is 1.87 bits per heavy atom. The van der Waals surface area contributed by atoms with Crippen LogP contribution in [0.3, 0.4) is 0 Å². The number of carbonyl (C=O) groups excluding carboxylic acids is 3. The summed E-state index contributed by atoms with van der Waals surface area (Å²) in [5.74, 6) is -1.78. The highest BCUT2D eigenvalue weighted by Crippen LogP contribution is 2.43. The van der Waals surface area contributed by atoms with Crippen molar-refractivity contribution < 1.29 is 27.9 Å². The second kappa shape index (κ2) is 6.24. The first-order chi connectivity index (χ1) is 6.93. The number of rotatable bonds is 3. The number of halogens is 2. The lowest BCUT2D eigenvalue weighted by molar-refractivity contribution is -0.191. The molecule has 0 amide bonds. The van der Waals surface area contributed by atoms with Crippen molar-refractivity contribution in [2.75, 3.05) is 0 Å². The van der Waals surface area contributed by atoms with Crippen molar-refractivity contribution in [1.82, 2.24) is 0 Å². The quantitative estimate of drug-likeness (QED) is 0.674. The van der Waals surface area contributed by atoms with Crippen LogP contribution in [0.25, 0.3) is 0 Å². The van der Waals surface area contributed by atoms with E-state index in [9.17, 15) is 13.6 Å². The molecule has 0 aromatic carbocycles. The Labute approximate surface area is 85.6 Å². The third kappa shape index (κ3) is 5.22. The summed E-state index contributed by atoms with van der Waals surface area (Å²) >= 11 is 0. The van der Waals surface area contributed by atoms with Crippen LogP contribution >= 0.6 is 0 Å². The molecular weight excluding hydrogens is 210 g/mol. The van der Waals surface area contributed by atoms with E-state index in [2.05, 4.69) is 0 Å². The Kier molecular flexibility index (Phi) is 5.70. The van der Waals surface area contributed by atoms with Crippen LogP contribution in [-0.2, 0) is 19.1 Å². The van der Waals surface area contributed by atoms with Gasteiger partial charge in [0.1, 0.15) is 0 Å². The van der Waals surface area contributed by atoms with Crippen molar-refractivity contribution in [2.45, 2.75) is 32.8 Å². The van der Waals surface area contributed by atoms with Crippen LogP contribution in [0.4, 0.5) is 8.78 Å².